The Kier molecular flexibility index (Phi) is 4.20. The summed E-state index contributed by atoms with van der Waals surface area (Å²) in [6.45, 7) is 1.88. The average Bonchev–Trinajstić information content (AvgIpc) is 2.37. The highest BCUT2D eigenvalue weighted by Gasteiger charge is 2.34. The minimum atomic E-state index is -0.764. The predicted octanol–water partition coefficient (Wildman–Crippen LogP) is -0.532. The fraction of sp³-hybridized carbons (Fsp3) is 0.615. The van der Waals surface area contributed by atoms with Crippen molar-refractivity contribution >= 4 is 11.7 Å². The summed E-state index contributed by atoms with van der Waals surface area (Å²) in [5.74, 6) is 0.0555. The lowest BCUT2D eigenvalue weighted by molar-refractivity contribution is 0.00352. The quantitative estimate of drug-likeness (QED) is 0.769. The molecule has 1 amide bonds. The van der Waals surface area contributed by atoms with Crippen LogP contribution in [0, 0.1) is 0 Å². The number of anilines is 1. The van der Waals surface area contributed by atoms with Crippen LogP contribution in [0.5, 0.6) is 0 Å². The lowest BCUT2D eigenvalue weighted by Crippen LogP contribution is -2.53. The Hall–Kier alpha value is -1.73. The van der Waals surface area contributed by atoms with Gasteiger partial charge in [0.1, 0.15) is 17.8 Å². The van der Waals surface area contributed by atoms with E-state index in [2.05, 4.69) is 9.97 Å². The van der Waals surface area contributed by atoms with Crippen molar-refractivity contribution in [2.24, 2.45) is 5.73 Å². The molecule has 0 spiro atoms. The largest absolute Gasteiger partial charge is 0.387 e. The second-order valence-electron chi connectivity index (χ2n) is 5.61. The molecule has 0 aromatic carbocycles. The third-order valence-electron chi connectivity index (χ3n) is 3.39. The number of amides is 1. The molecule has 1 aliphatic rings. The molecule has 1 aromatic heterocycles. The van der Waals surface area contributed by atoms with E-state index in [1.807, 2.05) is 23.9 Å². The van der Waals surface area contributed by atoms with Crippen molar-refractivity contribution in [1.82, 2.24) is 14.9 Å². The molecule has 1 aromatic rings. The Bertz CT molecular complexity index is 493. The fourth-order valence-electron chi connectivity index (χ4n) is 2.68. The smallest absolute Gasteiger partial charge is 0.267 e. The number of likely N-dealkylation sites (N-methyl/N-ethyl adjacent to an activating group) is 1. The minimum Gasteiger partial charge on any atom is -0.387 e. The van der Waals surface area contributed by atoms with Gasteiger partial charge in [-0.3, -0.25) is 4.79 Å². The molecular weight excluding hydrogens is 258 g/mol. The van der Waals surface area contributed by atoms with E-state index in [9.17, 15) is 9.90 Å². The molecule has 1 aliphatic heterocycles. The molecule has 2 rings (SSSR count). The van der Waals surface area contributed by atoms with Crippen LogP contribution in [-0.2, 0) is 0 Å². The van der Waals surface area contributed by atoms with Crippen molar-refractivity contribution in [2.75, 3.05) is 38.6 Å². The molecular formula is C13H21N5O2. The molecule has 1 saturated heterocycles. The number of hydrogen-bond acceptors (Lipinski definition) is 6. The zero-order chi connectivity index (χ0) is 14.8. The third kappa shape index (κ3) is 3.43. The molecule has 1 fully saturated rings. The summed E-state index contributed by atoms with van der Waals surface area (Å²) in [7, 11) is 3.87. The number of β-amino-alcohol motifs (C(OH)–C–C–N with tert-alkyl or cyclic N) is 1. The van der Waals surface area contributed by atoms with E-state index in [0.29, 0.717) is 18.9 Å². The van der Waals surface area contributed by atoms with Crippen molar-refractivity contribution in [3.8, 4) is 0 Å². The first-order chi connectivity index (χ1) is 9.39. The highest BCUT2D eigenvalue weighted by Crippen LogP contribution is 2.25. The van der Waals surface area contributed by atoms with Crippen LogP contribution in [0.3, 0.4) is 0 Å². The van der Waals surface area contributed by atoms with Crippen LogP contribution in [-0.4, -0.2) is 65.2 Å². The Morgan fingerprint density at radius 3 is 2.95 bits per heavy atom. The van der Waals surface area contributed by atoms with Crippen molar-refractivity contribution in [3.63, 3.8) is 0 Å². The number of rotatable bonds is 4. The Labute approximate surface area is 118 Å². The lowest BCUT2D eigenvalue weighted by atomic mass is 9.92. The first kappa shape index (κ1) is 14.7. The zero-order valence-corrected chi connectivity index (χ0v) is 11.9. The summed E-state index contributed by atoms with van der Waals surface area (Å²) in [5.41, 5.74) is 4.65. The predicted molar refractivity (Wildman–Crippen MR) is 75.5 cm³/mol. The Morgan fingerprint density at radius 2 is 2.30 bits per heavy atom. The van der Waals surface area contributed by atoms with Gasteiger partial charge in [0, 0.05) is 25.7 Å². The number of nitrogens with zero attached hydrogens (tertiary/aromatic N) is 4. The molecule has 0 bridgehead atoms. The van der Waals surface area contributed by atoms with E-state index in [4.69, 9.17) is 5.73 Å². The van der Waals surface area contributed by atoms with Gasteiger partial charge in [-0.25, -0.2) is 9.97 Å². The summed E-state index contributed by atoms with van der Waals surface area (Å²) in [6, 6.07) is 1.57. The van der Waals surface area contributed by atoms with Crippen LogP contribution in [0.15, 0.2) is 12.4 Å². The van der Waals surface area contributed by atoms with Crippen LogP contribution in [0.1, 0.15) is 23.3 Å². The highest BCUT2D eigenvalue weighted by molar-refractivity contribution is 5.91. The van der Waals surface area contributed by atoms with Crippen LogP contribution >= 0.6 is 0 Å². The van der Waals surface area contributed by atoms with E-state index in [0.717, 1.165) is 19.4 Å². The van der Waals surface area contributed by atoms with E-state index in [-0.39, 0.29) is 5.69 Å². The van der Waals surface area contributed by atoms with E-state index < -0.39 is 11.5 Å². The van der Waals surface area contributed by atoms with Crippen LogP contribution in [0.4, 0.5) is 5.82 Å². The molecule has 0 radical (unpaired) electrons. The Morgan fingerprint density at radius 1 is 1.55 bits per heavy atom. The number of primary amides is 1. The normalized spacial score (nSPS) is 23.1. The van der Waals surface area contributed by atoms with Crippen molar-refractivity contribution in [3.05, 3.63) is 18.1 Å². The van der Waals surface area contributed by atoms with Gasteiger partial charge in [0.05, 0.1) is 5.60 Å². The second kappa shape index (κ2) is 5.72. The van der Waals surface area contributed by atoms with Gasteiger partial charge in [-0.2, -0.15) is 0 Å². The summed E-state index contributed by atoms with van der Waals surface area (Å²) in [5, 5.41) is 10.6. The summed E-state index contributed by atoms with van der Waals surface area (Å²) >= 11 is 0. The molecule has 20 heavy (non-hydrogen) atoms. The van der Waals surface area contributed by atoms with Gasteiger partial charge in [0.2, 0.25) is 0 Å². The van der Waals surface area contributed by atoms with E-state index >= 15 is 0 Å². The first-order valence-electron chi connectivity index (χ1n) is 6.63. The molecule has 3 N–H and O–H groups in total. The maximum atomic E-state index is 11.2. The van der Waals surface area contributed by atoms with Gasteiger partial charge in [-0.05, 0) is 26.9 Å². The molecule has 0 aliphatic carbocycles. The standard InChI is InChI=1S/C13H21N5O2/c1-17(2)7-13(20)4-3-5-18(8-13)11-6-10(12(14)19)15-9-16-11/h6,9,20H,3-5,7-8H2,1-2H3,(H2,14,19). The third-order valence-corrected chi connectivity index (χ3v) is 3.39. The molecule has 110 valence electrons. The number of hydrogen-bond donors (Lipinski definition) is 2. The number of carbonyl (C=O) groups excluding carboxylic acids is 1. The number of aliphatic hydroxyl groups is 1. The highest BCUT2D eigenvalue weighted by atomic mass is 16.3. The maximum absolute atomic E-state index is 11.2. The SMILES string of the molecule is CN(C)CC1(O)CCCN(c2cc(C(N)=O)ncn2)C1. The molecule has 2 heterocycles. The van der Waals surface area contributed by atoms with Gasteiger partial charge >= 0.3 is 0 Å². The lowest BCUT2D eigenvalue weighted by Gasteiger charge is -2.41. The van der Waals surface area contributed by atoms with Gasteiger partial charge in [-0.1, -0.05) is 0 Å². The number of piperidine rings is 1. The van der Waals surface area contributed by atoms with Crippen molar-refractivity contribution < 1.29 is 9.90 Å². The monoisotopic (exact) mass is 279 g/mol. The summed E-state index contributed by atoms with van der Waals surface area (Å²) in [4.78, 5) is 23.1. The van der Waals surface area contributed by atoms with Crippen molar-refractivity contribution in [1.29, 1.82) is 0 Å². The van der Waals surface area contributed by atoms with Crippen LogP contribution in [0.2, 0.25) is 0 Å². The van der Waals surface area contributed by atoms with Gasteiger partial charge in [0.25, 0.3) is 5.91 Å². The van der Waals surface area contributed by atoms with E-state index in [1.165, 1.54) is 6.33 Å². The van der Waals surface area contributed by atoms with Crippen molar-refractivity contribution in [2.45, 2.75) is 18.4 Å². The molecule has 1 unspecified atom stereocenters. The topological polar surface area (TPSA) is 95.6 Å². The molecule has 7 heteroatoms. The second-order valence-corrected chi connectivity index (χ2v) is 5.61. The molecule has 7 nitrogen and oxygen atoms in total. The Balaban J connectivity index is 2.16. The van der Waals surface area contributed by atoms with Crippen LogP contribution in [0.25, 0.3) is 0 Å². The summed E-state index contributed by atoms with van der Waals surface area (Å²) < 4.78 is 0. The number of aromatic nitrogens is 2. The number of nitrogens with two attached hydrogens (primary N) is 1. The number of carbonyl (C=O) groups is 1. The molecule has 1 atom stereocenters. The zero-order valence-electron chi connectivity index (χ0n) is 11.9. The fourth-order valence-corrected chi connectivity index (χ4v) is 2.68. The van der Waals surface area contributed by atoms with Gasteiger partial charge in [-0.15, -0.1) is 0 Å². The van der Waals surface area contributed by atoms with Gasteiger partial charge < -0.3 is 20.6 Å². The average molecular weight is 279 g/mol. The summed E-state index contributed by atoms with van der Waals surface area (Å²) in [6.07, 6.45) is 2.96. The molecule has 0 saturated carbocycles. The maximum Gasteiger partial charge on any atom is 0.267 e. The minimum absolute atomic E-state index is 0.191. The van der Waals surface area contributed by atoms with Gasteiger partial charge in [0.15, 0.2) is 0 Å². The first-order valence-corrected chi connectivity index (χ1v) is 6.63. The van der Waals surface area contributed by atoms with E-state index in [1.54, 1.807) is 6.07 Å². The van der Waals surface area contributed by atoms with Crippen LogP contribution < -0.4 is 10.6 Å².